The number of aromatic amines is 1. The van der Waals surface area contributed by atoms with E-state index in [4.69, 9.17) is 21.1 Å². The number of carbonyl (C=O) groups is 1. The van der Waals surface area contributed by atoms with Gasteiger partial charge in [-0.05, 0) is 60.9 Å². The van der Waals surface area contributed by atoms with Gasteiger partial charge in [0.05, 0.1) is 19.3 Å². The maximum absolute atomic E-state index is 12.0. The van der Waals surface area contributed by atoms with E-state index >= 15 is 0 Å². The molecule has 24 heavy (non-hydrogen) atoms. The van der Waals surface area contributed by atoms with Gasteiger partial charge in [0.1, 0.15) is 5.75 Å². The van der Waals surface area contributed by atoms with Crippen LogP contribution in [-0.4, -0.2) is 24.7 Å². The number of hydrogen-bond donors (Lipinski definition) is 1. The summed E-state index contributed by atoms with van der Waals surface area (Å²) in [6.45, 7) is 0.373. The molecule has 3 aromatic rings. The quantitative estimate of drug-likeness (QED) is 0.525. The monoisotopic (exact) mass is 343 g/mol. The fourth-order valence-corrected chi connectivity index (χ4v) is 2.77. The Morgan fingerprint density at radius 3 is 2.71 bits per heavy atom. The Kier molecular flexibility index (Phi) is 5.06. The first-order chi connectivity index (χ1) is 11.7. The lowest BCUT2D eigenvalue weighted by Crippen LogP contribution is -2.07. The van der Waals surface area contributed by atoms with Crippen molar-refractivity contribution in [3.05, 3.63) is 64.8 Å². The summed E-state index contributed by atoms with van der Waals surface area (Å²) < 4.78 is 10.4. The number of methoxy groups -OCH3 is 1. The zero-order valence-corrected chi connectivity index (χ0v) is 14.1. The summed E-state index contributed by atoms with van der Waals surface area (Å²) in [4.78, 5) is 15.2. The van der Waals surface area contributed by atoms with Gasteiger partial charge in [-0.2, -0.15) is 0 Å². The molecule has 124 valence electrons. The highest BCUT2D eigenvalue weighted by atomic mass is 35.5. The maximum atomic E-state index is 12.0. The Labute approximate surface area is 145 Å². The van der Waals surface area contributed by atoms with Crippen molar-refractivity contribution < 1.29 is 14.3 Å². The van der Waals surface area contributed by atoms with E-state index in [-0.39, 0.29) is 5.97 Å². The van der Waals surface area contributed by atoms with Crippen LogP contribution in [0.4, 0.5) is 0 Å². The number of rotatable bonds is 6. The van der Waals surface area contributed by atoms with E-state index in [1.165, 1.54) is 5.56 Å². The molecule has 0 saturated carbocycles. The van der Waals surface area contributed by atoms with Crippen molar-refractivity contribution in [1.29, 1.82) is 0 Å². The van der Waals surface area contributed by atoms with Gasteiger partial charge in [0.2, 0.25) is 0 Å². The first kappa shape index (κ1) is 16.4. The number of aromatic nitrogens is 1. The minimum atomic E-state index is -0.320. The highest BCUT2D eigenvalue weighted by Crippen LogP contribution is 2.23. The molecule has 1 heterocycles. The van der Waals surface area contributed by atoms with E-state index < -0.39 is 0 Å². The number of nitrogens with one attached hydrogen (secondary N) is 1. The lowest BCUT2D eigenvalue weighted by molar-refractivity contribution is 0.0500. The second kappa shape index (κ2) is 7.41. The normalized spacial score (nSPS) is 10.8. The average Bonchev–Trinajstić information content (AvgIpc) is 3.00. The number of benzene rings is 2. The number of ether oxygens (including phenoxy) is 2. The van der Waals surface area contributed by atoms with Gasteiger partial charge < -0.3 is 14.5 Å². The van der Waals surface area contributed by atoms with Crippen LogP contribution in [0, 0.1) is 0 Å². The predicted octanol–water partition coefficient (Wildman–Crippen LogP) is 4.62. The van der Waals surface area contributed by atoms with Crippen LogP contribution in [0.2, 0.25) is 5.02 Å². The first-order valence-electron chi connectivity index (χ1n) is 7.74. The van der Waals surface area contributed by atoms with Crippen LogP contribution in [0.25, 0.3) is 10.9 Å². The van der Waals surface area contributed by atoms with E-state index in [1.54, 1.807) is 31.4 Å². The van der Waals surface area contributed by atoms with Gasteiger partial charge in [0.25, 0.3) is 0 Å². The van der Waals surface area contributed by atoms with Crippen LogP contribution in [0.1, 0.15) is 22.3 Å². The van der Waals surface area contributed by atoms with Crippen LogP contribution < -0.4 is 4.74 Å². The summed E-state index contributed by atoms with van der Waals surface area (Å²) in [7, 11) is 1.59. The molecule has 0 saturated heterocycles. The van der Waals surface area contributed by atoms with Crippen LogP contribution in [-0.2, 0) is 11.2 Å². The van der Waals surface area contributed by atoms with Crippen molar-refractivity contribution in [2.75, 3.05) is 13.7 Å². The molecule has 1 aromatic heterocycles. The van der Waals surface area contributed by atoms with Crippen molar-refractivity contribution in [3.8, 4) is 5.75 Å². The average molecular weight is 344 g/mol. The molecule has 0 unspecified atom stereocenters. The van der Waals surface area contributed by atoms with Gasteiger partial charge >= 0.3 is 5.97 Å². The zero-order valence-electron chi connectivity index (χ0n) is 13.3. The Morgan fingerprint density at radius 1 is 1.17 bits per heavy atom. The van der Waals surface area contributed by atoms with E-state index in [0.717, 1.165) is 23.7 Å². The lowest BCUT2D eigenvalue weighted by atomic mass is 10.1. The minimum absolute atomic E-state index is 0.320. The molecular weight excluding hydrogens is 326 g/mol. The third-order valence-corrected chi connectivity index (χ3v) is 4.11. The molecule has 0 atom stereocenters. The van der Waals surface area contributed by atoms with Crippen molar-refractivity contribution in [3.63, 3.8) is 0 Å². The Morgan fingerprint density at radius 2 is 1.96 bits per heavy atom. The van der Waals surface area contributed by atoms with E-state index in [0.29, 0.717) is 22.9 Å². The fraction of sp³-hybridized carbons (Fsp3) is 0.211. The lowest BCUT2D eigenvalue weighted by Gasteiger charge is -2.05. The third-order valence-electron chi connectivity index (χ3n) is 3.88. The summed E-state index contributed by atoms with van der Waals surface area (Å²) in [5.41, 5.74) is 2.76. The van der Waals surface area contributed by atoms with Gasteiger partial charge in [-0.15, -0.1) is 0 Å². The van der Waals surface area contributed by atoms with Crippen LogP contribution >= 0.6 is 11.6 Å². The van der Waals surface area contributed by atoms with Crippen molar-refractivity contribution >= 4 is 28.5 Å². The number of esters is 1. The van der Waals surface area contributed by atoms with Crippen LogP contribution in [0.3, 0.4) is 0 Å². The SMILES string of the molecule is COc1ccc(C(=O)OCCCc2c[nH]c3ccc(Cl)cc23)cc1. The third kappa shape index (κ3) is 3.71. The van der Waals surface area contributed by atoms with Crippen LogP contribution in [0.15, 0.2) is 48.7 Å². The number of hydrogen-bond acceptors (Lipinski definition) is 3. The zero-order chi connectivity index (χ0) is 16.9. The molecule has 0 aliphatic carbocycles. The Bertz CT molecular complexity index is 839. The predicted molar refractivity (Wildman–Crippen MR) is 94.9 cm³/mol. The molecule has 1 N–H and O–H groups in total. The molecule has 2 aromatic carbocycles. The summed E-state index contributed by atoms with van der Waals surface area (Å²) in [6.07, 6.45) is 3.55. The van der Waals surface area contributed by atoms with Gasteiger partial charge in [-0.1, -0.05) is 11.6 Å². The maximum Gasteiger partial charge on any atom is 0.338 e. The molecule has 0 bridgehead atoms. The van der Waals surface area contributed by atoms with Gasteiger partial charge in [-0.3, -0.25) is 0 Å². The summed E-state index contributed by atoms with van der Waals surface area (Å²) in [6, 6.07) is 12.7. The highest BCUT2D eigenvalue weighted by Gasteiger charge is 2.08. The molecule has 0 spiro atoms. The topological polar surface area (TPSA) is 51.3 Å². The van der Waals surface area contributed by atoms with Crippen LogP contribution in [0.5, 0.6) is 5.75 Å². The molecule has 0 amide bonds. The molecular formula is C19H18ClNO3. The molecule has 0 fully saturated rings. The smallest absolute Gasteiger partial charge is 0.338 e. The number of carbonyl (C=O) groups excluding carboxylic acids is 1. The molecule has 0 aliphatic rings. The Hall–Kier alpha value is -2.46. The number of halogens is 1. The molecule has 3 rings (SSSR count). The van der Waals surface area contributed by atoms with E-state index in [1.807, 2.05) is 24.4 Å². The minimum Gasteiger partial charge on any atom is -0.497 e. The largest absolute Gasteiger partial charge is 0.497 e. The number of fused-ring (bicyclic) bond motifs is 1. The van der Waals surface area contributed by atoms with Crippen molar-refractivity contribution in [2.24, 2.45) is 0 Å². The fourth-order valence-electron chi connectivity index (χ4n) is 2.60. The molecule has 5 heteroatoms. The van der Waals surface area contributed by atoms with Crippen molar-refractivity contribution in [1.82, 2.24) is 4.98 Å². The van der Waals surface area contributed by atoms with Gasteiger partial charge in [0.15, 0.2) is 0 Å². The first-order valence-corrected chi connectivity index (χ1v) is 8.12. The van der Waals surface area contributed by atoms with E-state index in [2.05, 4.69) is 4.98 Å². The summed E-state index contributed by atoms with van der Waals surface area (Å²) >= 11 is 6.05. The number of aryl methyl sites for hydroxylation is 1. The molecule has 4 nitrogen and oxygen atoms in total. The second-order valence-electron chi connectivity index (χ2n) is 5.47. The molecule has 0 radical (unpaired) electrons. The van der Waals surface area contributed by atoms with E-state index in [9.17, 15) is 4.79 Å². The summed E-state index contributed by atoms with van der Waals surface area (Å²) in [5.74, 6) is 0.393. The Balaban J connectivity index is 1.52. The second-order valence-corrected chi connectivity index (χ2v) is 5.91. The standard InChI is InChI=1S/C19H18ClNO3/c1-23-16-7-4-13(5-8-16)19(22)24-10-2-3-14-12-21-18-9-6-15(20)11-17(14)18/h4-9,11-12,21H,2-3,10H2,1H3. The van der Waals surface area contributed by atoms with Gasteiger partial charge in [0, 0.05) is 22.1 Å². The molecule has 0 aliphatic heterocycles. The van der Waals surface area contributed by atoms with Crippen molar-refractivity contribution in [2.45, 2.75) is 12.8 Å². The highest BCUT2D eigenvalue weighted by molar-refractivity contribution is 6.31. The van der Waals surface area contributed by atoms with Gasteiger partial charge in [-0.25, -0.2) is 4.79 Å². The number of H-pyrrole nitrogens is 1. The summed E-state index contributed by atoms with van der Waals surface area (Å²) in [5, 5.41) is 1.83.